The van der Waals surface area contributed by atoms with Gasteiger partial charge in [0.25, 0.3) is 10.2 Å². The normalized spacial score (nSPS) is 20.1. The lowest BCUT2D eigenvalue weighted by Crippen LogP contribution is -2.45. The highest BCUT2D eigenvalue weighted by atomic mass is 35.5. The number of piperidine rings is 1. The smallest absolute Gasteiger partial charge is 0.279 e. The summed E-state index contributed by atoms with van der Waals surface area (Å²) < 4.78 is 40.5. The molecule has 1 atom stereocenters. The fourth-order valence-corrected chi connectivity index (χ4v) is 5.87. The molecule has 1 aromatic carbocycles. The molecule has 1 saturated carbocycles. The second-order valence-electron chi connectivity index (χ2n) is 8.47. The van der Waals surface area contributed by atoms with Crippen molar-refractivity contribution < 1.29 is 17.7 Å². The number of rotatable bonds is 7. The molecule has 3 heterocycles. The molecular formula is C22H24ClN5O4S. The van der Waals surface area contributed by atoms with Gasteiger partial charge in [0.05, 0.1) is 24.9 Å². The van der Waals surface area contributed by atoms with Crippen LogP contribution >= 0.6 is 11.6 Å². The average Bonchev–Trinajstić information content (AvgIpc) is 3.28. The van der Waals surface area contributed by atoms with Crippen LogP contribution in [-0.4, -0.2) is 48.0 Å². The summed E-state index contributed by atoms with van der Waals surface area (Å²) in [4.78, 5) is 8.76. The van der Waals surface area contributed by atoms with Gasteiger partial charge in [-0.2, -0.15) is 22.4 Å². The van der Waals surface area contributed by atoms with Crippen molar-refractivity contribution in [2.24, 2.45) is 5.41 Å². The highest BCUT2D eigenvalue weighted by Gasteiger charge is 2.59. The highest BCUT2D eigenvalue weighted by Crippen LogP contribution is 2.64. The first kappa shape index (κ1) is 22.3. The summed E-state index contributed by atoms with van der Waals surface area (Å²) in [6.07, 6.45) is 4.06. The SMILES string of the molecule is COc1ccc(Cl)cc1-c1noc(C2CC23CCN(S(=O)(=O)NCc2ccccn2)CC3)n1. The van der Waals surface area contributed by atoms with E-state index < -0.39 is 10.2 Å². The molecular weight excluding hydrogens is 466 g/mol. The van der Waals surface area contributed by atoms with Crippen molar-refractivity contribution in [1.82, 2.24) is 24.2 Å². The van der Waals surface area contributed by atoms with Gasteiger partial charge >= 0.3 is 0 Å². The van der Waals surface area contributed by atoms with E-state index in [1.807, 2.05) is 6.07 Å². The first-order valence-corrected chi connectivity index (χ1v) is 12.5. The zero-order chi connectivity index (χ0) is 23.1. The Morgan fingerprint density at radius 2 is 2.09 bits per heavy atom. The largest absolute Gasteiger partial charge is 0.496 e. The third-order valence-electron chi connectivity index (χ3n) is 6.55. The van der Waals surface area contributed by atoms with Crippen LogP contribution in [0.4, 0.5) is 0 Å². The van der Waals surface area contributed by atoms with E-state index in [-0.39, 0.29) is 17.9 Å². The molecule has 174 valence electrons. The molecule has 9 nitrogen and oxygen atoms in total. The summed E-state index contributed by atoms with van der Waals surface area (Å²) in [6, 6.07) is 10.7. The number of nitrogens with one attached hydrogen (secondary N) is 1. The van der Waals surface area contributed by atoms with Crippen molar-refractivity contribution in [3.05, 3.63) is 59.2 Å². The van der Waals surface area contributed by atoms with Gasteiger partial charge in [-0.3, -0.25) is 4.98 Å². The first-order chi connectivity index (χ1) is 15.9. The van der Waals surface area contributed by atoms with Crippen molar-refractivity contribution in [2.75, 3.05) is 20.2 Å². The Morgan fingerprint density at radius 3 is 2.82 bits per heavy atom. The van der Waals surface area contributed by atoms with Gasteiger partial charge in [-0.15, -0.1) is 0 Å². The van der Waals surface area contributed by atoms with Gasteiger partial charge in [-0.25, -0.2) is 0 Å². The molecule has 1 spiro atoms. The zero-order valence-electron chi connectivity index (χ0n) is 18.1. The first-order valence-electron chi connectivity index (χ1n) is 10.7. The summed E-state index contributed by atoms with van der Waals surface area (Å²) in [5.41, 5.74) is 1.37. The number of nitrogens with zero attached hydrogens (tertiary/aromatic N) is 4. The maximum atomic E-state index is 12.7. The summed E-state index contributed by atoms with van der Waals surface area (Å²) in [5, 5.41) is 4.70. The van der Waals surface area contributed by atoms with Crippen molar-refractivity contribution >= 4 is 21.8 Å². The topological polar surface area (TPSA) is 110 Å². The minimum absolute atomic E-state index is 0.00915. The molecule has 5 rings (SSSR count). The van der Waals surface area contributed by atoms with Crippen LogP contribution in [0.25, 0.3) is 11.4 Å². The van der Waals surface area contributed by atoms with Crippen LogP contribution in [0.2, 0.25) is 5.02 Å². The van der Waals surface area contributed by atoms with Gasteiger partial charge in [0, 0.05) is 30.2 Å². The number of pyridine rings is 1. The van der Waals surface area contributed by atoms with Crippen LogP contribution in [0.15, 0.2) is 47.1 Å². The van der Waals surface area contributed by atoms with Crippen LogP contribution in [0.1, 0.15) is 36.8 Å². The van der Waals surface area contributed by atoms with Gasteiger partial charge < -0.3 is 9.26 Å². The zero-order valence-corrected chi connectivity index (χ0v) is 19.6. The van der Waals surface area contributed by atoms with Gasteiger partial charge in [0.15, 0.2) is 0 Å². The van der Waals surface area contributed by atoms with Gasteiger partial charge in [-0.1, -0.05) is 22.8 Å². The van der Waals surface area contributed by atoms with Crippen molar-refractivity contribution in [2.45, 2.75) is 31.7 Å². The molecule has 33 heavy (non-hydrogen) atoms. The van der Waals surface area contributed by atoms with Gasteiger partial charge in [0.1, 0.15) is 5.75 Å². The van der Waals surface area contributed by atoms with E-state index in [2.05, 4.69) is 19.8 Å². The molecule has 0 radical (unpaired) electrons. The second kappa shape index (κ2) is 8.68. The lowest BCUT2D eigenvalue weighted by molar-refractivity contribution is 0.240. The molecule has 3 aromatic rings. The van der Waals surface area contributed by atoms with Crippen LogP contribution in [-0.2, 0) is 16.8 Å². The van der Waals surface area contributed by atoms with E-state index in [0.29, 0.717) is 46.8 Å². The van der Waals surface area contributed by atoms with E-state index in [4.69, 9.17) is 20.9 Å². The molecule has 2 aliphatic rings. The third-order valence-corrected chi connectivity index (χ3v) is 8.34. The monoisotopic (exact) mass is 489 g/mol. The number of methoxy groups -OCH3 is 1. The predicted octanol–water partition coefficient (Wildman–Crippen LogP) is 3.40. The van der Waals surface area contributed by atoms with Gasteiger partial charge in [0.2, 0.25) is 11.7 Å². The van der Waals surface area contributed by atoms with Crippen molar-refractivity contribution in [1.29, 1.82) is 0 Å². The molecule has 11 heteroatoms. The number of benzene rings is 1. The van der Waals surface area contributed by atoms with E-state index >= 15 is 0 Å². The fraction of sp³-hybridized carbons (Fsp3) is 0.409. The molecule has 1 aliphatic carbocycles. The third kappa shape index (κ3) is 4.48. The summed E-state index contributed by atoms with van der Waals surface area (Å²) in [7, 11) is -1.98. The maximum Gasteiger partial charge on any atom is 0.279 e. The number of halogens is 1. The van der Waals surface area contributed by atoms with E-state index in [1.165, 1.54) is 4.31 Å². The maximum absolute atomic E-state index is 12.7. The predicted molar refractivity (Wildman–Crippen MR) is 122 cm³/mol. The standard InChI is InChI=1S/C22H24ClN5O4S/c1-31-19-6-5-15(23)12-17(19)20-26-21(32-27-20)18-13-22(18)7-10-28(11-8-22)33(29,30)25-14-16-4-2-3-9-24-16/h2-6,9,12,18,25H,7-8,10-11,13-14H2,1H3. The number of hydrogen-bond donors (Lipinski definition) is 1. The average molecular weight is 490 g/mol. The second-order valence-corrected chi connectivity index (χ2v) is 10.7. The van der Waals surface area contributed by atoms with Gasteiger partial charge in [-0.05, 0) is 55.0 Å². The number of hydrogen-bond acceptors (Lipinski definition) is 7. The van der Waals surface area contributed by atoms with E-state index in [9.17, 15) is 8.42 Å². The van der Waals surface area contributed by atoms with Crippen LogP contribution in [0.3, 0.4) is 0 Å². The lowest BCUT2D eigenvalue weighted by atomic mass is 9.92. The molecule has 2 aromatic heterocycles. The summed E-state index contributed by atoms with van der Waals surface area (Å²) in [5.74, 6) is 1.77. The Hall–Kier alpha value is -2.53. The van der Waals surface area contributed by atoms with Crippen LogP contribution in [0.5, 0.6) is 5.75 Å². The molecule has 0 bridgehead atoms. The Balaban J connectivity index is 1.22. The van der Waals surface area contributed by atoms with Crippen molar-refractivity contribution in [3.8, 4) is 17.1 Å². The van der Waals surface area contributed by atoms with Crippen LogP contribution < -0.4 is 9.46 Å². The molecule has 1 unspecified atom stereocenters. The Bertz CT molecular complexity index is 1240. The van der Waals surface area contributed by atoms with E-state index in [1.54, 1.807) is 43.6 Å². The summed E-state index contributed by atoms with van der Waals surface area (Å²) in [6.45, 7) is 1.08. The Labute approximate surface area is 197 Å². The molecule has 1 saturated heterocycles. The van der Waals surface area contributed by atoms with E-state index in [0.717, 1.165) is 19.3 Å². The lowest BCUT2D eigenvalue weighted by Gasteiger charge is -2.31. The number of aromatic nitrogens is 3. The minimum Gasteiger partial charge on any atom is -0.496 e. The highest BCUT2D eigenvalue weighted by molar-refractivity contribution is 7.87. The Kier molecular flexibility index (Phi) is 5.86. The minimum atomic E-state index is -3.56. The molecule has 2 fully saturated rings. The quantitative estimate of drug-likeness (QED) is 0.541. The molecule has 1 aliphatic heterocycles. The molecule has 0 amide bonds. The summed E-state index contributed by atoms with van der Waals surface area (Å²) >= 11 is 6.13. The number of ether oxygens (including phenoxy) is 1. The molecule has 1 N–H and O–H groups in total. The fourth-order valence-electron chi connectivity index (χ4n) is 4.52. The Morgan fingerprint density at radius 1 is 1.27 bits per heavy atom. The van der Waals surface area contributed by atoms with Crippen LogP contribution in [0, 0.1) is 5.41 Å². The van der Waals surface area contributed by atoms with Crippen molar-refractivity contribution in [3.63, 3.8) is 0 Å².